The summed E-state index contributed by atoms with van der Waals surface area (Å²) in [6, 6.07) is 17.2. The van der Waals surface area contributed by atoms with Crippen LogP contribution in [0.25, 0.3) is 11.4 Å². The second kappa shape index (κ2) is 11.8. The van der Waals surface area contributed by atoms with Crippen molar-refractivity contribution in [1.82, 2.24) is 25.9 Å². The molecule has 1 aliphatic heterocycles. The van der Waals surface area contributed by atoms with Crippen molar-refractivity contribution in [2.75, 3.05) is 16.8 Å². The van der Waals surface area contributed by atoms with Gasteiger partial charge in [-0.2, -0.15) is 0 Å². The number of para-hydroxylation sites is 1. The van der Waals surface area contributed by atoms with E-state index in [1.807, 2.05) is 0 Å². The van der Waals surface area contributed by atoms with Crippen LogP contribution in [0.3, 0.4) is 0 Å². The summed E-state index contributed by atoms with van der Waals surface area (Å²) >= 11 is 0. The average molecular weight is 585 g/mol. The fourth-order valence-corrected chi connectivity index (χ4v) is 4.66. The molecule has 13 heteroatoms. The molecule has 0 aliphatic carbocycles. The summed E-state index contributed by atoms with van der Waals surface area (Å²) in [6.45, 7) is 6.47. The molecule has 0 saturated heterocycles. The number of hydrogen-bond acceptors (Lipinski definition) is 8. The Hall–Kier alpha value is -5.46. The third-order valence-corrected chi connectivity index (χ3v) is 6.36. The van der Waals surface area contributed by atoms with E-state index in [-0.39, 0.29) is 11.3 Å². The van der Waals surface area contributed by atoms with Gasteiger partial charge in [-0.05, 0) is 68.0 Å². The number of carbonyl (C=O) groups is 3. The third-order valence-electron chi connectivity index (χ3n) is 6.36. The van der Waals surface area contributed by atoms with E-state index in [9.17, 15) is 14.4 Å². The van der Waals surface area contributed by atoms with Gasteiger partial charge in [0.15, 0.2) is 5.82 Å². The molecule has 220 valence electrons. The number of fused-ring (bicyclic) bond motifs is 1. The number of amides is 3. The minimum absolute atomic E-state index is 0.127. The normalized spacial score (nSPS) is 14.8. The predicted octanol–water partition coefficient (Wildman–Crippen LogP) is 3.99. The number of aryl methyl sites for hydroxylation is 1. The van der Waals surface area contributed by atoms with Gasteiger partial charge < -0.3 is 15.4 Å². The summed E-state index contributed by atoms with van der Waals surface area (Å²) in [5.41, 5.74) is 1.88. The van der Waals surface area contributed by atoms with Gasteiger partial charge in [-0.3, -0.25) is 14.5 Å². The molecule has 3 N–H and O–H groups in total. The molecule has 0 fully saturated rings. The molecule has 1 unspecified atom stereocenters. The van der Waals surface area contributed by atoms with Crippen LogP contribution < -0.4 is 15.5 Å². The Bertz CT molecular complexity index is 1720. The van der Waals surface area contributed by atoms with Crippen LogP contribution in [-0.2, 0) is 14.3 Å². The SMILES string of the molecule is Cc1cccc2c1N(CC(=O)OC(C)(C)C)C(=O)C(NC(=O)Nc1cccc(-c3nnn[nH]3)c1)N=C2c1ccccc1F. The van der Waals surface area contributed by atoms with Crippen LogP contribution in [0.4, 0.5) is 20.6 Å². The van der Waals surface area contributed by atoms with E-state index in [1.165, 1.54) is 17.0 Å². The topological polar surface area (TPSA) is 155 Å². The Morgan fingerprint density at radius 3 is 2.51 bits per heavy atom. The highest BCUT2D eigenvalue weighted by molar-refractivity contribution is 6.21. The predicted molar refractivity (Wildman–Crippen MR) is 157 cm³/mol. The van der Waals surface area contributed by atoms with Crippen molar-refractivity contribution in [3.8, 4) is 11.4 Å². The monoisotopic (exact) mass is 584 g/mol. The fourth-order valence-electron chi connectivity index (χ4n) is 4.66. The van der Waals surface area contributed by atoms with E-state index in [4.69, 9.17) is 4.74 Å². The number of aliphatic imine (C=N–C) groups is 1. The fraction of sp³-hybridized carbons (Fsp3) is 0.233. The lowest BCUT2D eigenvalue weighted by molar-refractivity contribution is -0.153. The number of hydrogen-bond donors (Lipinski definition) is 3. The maximum absolute atomic E-state index is 15.2. The van der Waals surface area contributed by atoms with Crippen LogP contribution in [0.5, 0.6) is 0 Å². The number of aromatic nitrogens is 4. The first-order chi connectivity index (χ1) is 20.5. The molecule has 0 radical (unpaired) electrons. The highest BCUT2D eigenvalue weighted by atomic mass is 19.1. The number of benzodiazepines with no additional fused rings is 1. The van der Waals surface area contributed by atoms with Gasteiger partial charge in [0, 0.05) is 22.4 Å². The van der Waals surface area contributed by atoms with E-state index >= 15 is 4.39 Å². The summed E-state index contributed by atoms with van der Waals surface area (Å²) in [4.78, 5) is 46.1. The van der Waals surface area contributed by atoms with Gasteiger partial charge in [-0.15, -0.1) is 5.10 Å². The number of urea groups is 1. The number of H-pyrrole nitrogens is 1. The van der Waals surface area contributed by atoms with Crippen LogP contribution in [0.15, 0.2) is 71.7 Å². The number of halogens is 1. The molecule has 1 atom stereocenters. The third kappa shape index (κ3) is 6.56. The lowest BCUT2D eigenvalue weighted by atomic mass is 9.97. The maximum atomic E-state index is 15.2. The second-order valence-corrected chi connectivity index (χ2v) is 10.8. The number of nitrogens with zero attached hydrogens (tertiary/aromatic N) is 5. The van der Waals surface area contributed by atoms with Crippen LogP contribution in [0.2, 0.25) is 0 Å². The molecule has 0 bridgehead atoms. The quantitative estimate of drug-likeness (QED) is 0.290. The molecular weight excluding hydrogens is 555 g/mol. The van der Waals surface area contributed by atoms with Gasteiger partial charge in [0.1, 0.15) is 18.0 Å². The van der Waals surface area contributed by atoms with Crippen molar-refractivity contribution in [3.63, 3.8) is 0 Å². The number of tetrazole rings is 1. The molecule has 5 rings (SSSR count). The molecule has 1 aromatic heterocycles. The smallest absolute Gasteiger partial charge is 0.326 e. The Kier molecular flexibility index (Phi) is 7.97. The number of esters is 1. The Balaban J connectivity index is 1.53. The molecule has 4 aromatic rings. The summed E-state index contributed by atoms with van der Waals surface area (Å²) in [7, 11) is 0. The van der Waals surface area contributed by atoms with Crippen molar-refractivity contribution < 1.29 is 23.5 Å². The number of anilines is 2. The average Bonchev–Trinajstić information content (AvgIpc) is 3.46. The summed E-state index contributed by atoms with van der Waals surface area (Å²) in [5.74, 6) is -1.53. The number of aromatic amines is 1. The van der Waals surface area contributed by atoms with Crippen molar-refractivity contribution >= 4 is 35.0 Å². The summed E-state index contributed by atoms with van der Waals surface area (Å²) in [5, 5.41) is 18.9. The molecule has 0 spiro atoms. The number of benzene rings is 3. The van der Waals surface area contributed by atoms with E-state index in [0.29, 0.717) is 33.9 Å². The Morgan fingerprint density at radius 1 is 1.05 bits per heavy atom. The Labute approximate surface area is 246 Å². The minimum atomic E-state index is -1.52. The van der Waals surface area contributed by atoms with Crippen molar-refractivity contribution in [3.05, 3.63) is 89.2 Å². The molecule has 0 saturated carbocycles. The van der Waals surface area contributed by atoms with Gasteiger partial charge >= 0.3 is 12.0 Å². The second-order valence-electron chi connectivity index (χ2n) is 10.8. The van der Waals surface area contributed by atoms with Crippen molar-refractivity contribution in [2.24, 2.45) is 4.99 Å². The summed E-state index contributed by atoms with van der Waals surface area (Å²) < 4.78 is 20.7. The molecule has 3 aromatic carbocycles. The van der Waals surface area contributed by atoms with Gasteiger partial charge in [-0.1, -0.05) is 42.5 Å². The zero-order valence-corrected chi connectivity index (χ0v) is 23.9. The van der Waals surface area contributed by atoms with E-state index < -0.39 is 42.0 Å². The van der Waals surface area contributed by atoms with E-state index in [0.717, 1.165) is 0 Å². The standard InChI is InChI=1S/C30H29FN8O4/c1-17-9-7-13-21-24(20-12-5-6-14-22(20)31)33-27(28(41)39(25(17)21)16-23(40)43-30(2,3)4)34-29(42)32-19-11-8-10-18(15-19)26-35-37-38-36-26/h5-15,27H,16H2,1-4H3,(H2,32,34,42)(H,35,36,37,38). The van der Waals surface area contributed by atoms with E-state index in [2.05, 4.69) is 36.3 Å². The highest BCUT2D eigenvalue weighted by Gasteiger charge is 2.36. The molecule has 12 nitrogen and oxygen atoms in total. The van der Waals surface area contributed by atoms with Crippen molar-refractivity contribution in [2.45, 2.75) is 39.5 Å². The molecule has 2 heterocycles. The number of nitrogens with one attached hydrogen (secondary N) is 3. The zero-order valence-electron chi connectivity index (χ0n) is 23.9. The summed E-state index contributed by atoms with van der Waals surface area (Å²) in [6.07, 6.45) is -1.52. The molecule has 3 amide bonds. The molecular formula is C30H29FN8O4. The van der Waals surface area contributed by atoms with Gasteiger partial charge in [-0.25, -0.2) is 19.3 Å². The minimum Gasteiger partial charge on any atom is -0.459 e. The number of ether oxygens (including phenoxy) is 1. The first-order valence-electron chi connectivity index (χ1n) is 13.4. The highest BCUT2D eigenvalue weighted by Crippen LogP contribution is 2.32. The first kappa shape index (κ1) is 29.0. The lowest BCUT2D eigenvalue weighted by Crippen LogP contribution is -2.50. The van der Waals surface area contributed by atoms with Crippen LogP contribution in [-0.4, -0.2) is 62.6 Å². The number of rotatable bonds is 6. The van der Waals surface area contributed by atoms with Gasteiger partial charge in [0.2, 0.25) is 6.17 Å². The molecule has 1 aliphatic rings. The largest absolute Gasteiger partial charge is 0.459 e. The zero-order chi connectivity index (χ0) is 30.7. The van der Waals surface area contributed by atoms with E-state index in [1.54, 1.807) is 82.3 Å². The van der Waals surface area contributed by atoms with Gasteiger partial charge in [0.05, 0.1) is 11.4 Å². The van der Waals surface area contributed by atoms with Crippen LogP contribution in [0, 0.1) is 12.7 Å². The lowest BCUT2D eigenvalue weighted by Gasteiger charge is -2.28. The van der Waals surface area contributed by atoms with Crippen LogP contribution >= 0.6 is 0 Å². The first-order valence-corrected chi connectivity index (χ1v) is 13.4. The maximum Gasteiger partial charge on any atom is 0.326 e. The number of carbonyl (C=O) groups excluding carboxylic acids is 3. The van der Waals surface area contributed by atoms with Gasteiger partial charge in [0.25, 0.3) is 5.91 Å². The Morgan fingerprint density at radius 2 is 1.79 bits per heavy atom. The molecule has 43 heavy (non-hydrogen) atoms. The van der Waals surface area contributed by atoms with Crippen molar-refractivity contribution in [1.29, 1.82) is 0 Å². The van der Waals surface area contributed by atoms with Crippen LogP contribution in [0.1, 0.15) is 37.5 Å².